The first-order valence-corrected chi connectivity index (χ1v) is 6.93. The van der Waals surface area contributed by atoms with E-state index in [2.05, 4.69) is 26.0 Å². The highest BCUT2D eigenvalue weighted by molar-refractivity contribution is 5.73. The third-order valence-corrected chi connectivity index (χ3v) is 3.24. The van der Waals surface area contributed by atoms with E-state index in [1.165, 1.54) is 24.8 Å². The van der Waals surface area contributed by atoms with Crippen LogP contribution in [0.15, 0.2) is 30.3 Å². The third-order valence-electron chi connectivity index (χ3n) is 3.24. The quantitative estimate of drug-likeness (QED) is 0.716. The number of amides is 1. The van der Waals surface area contributed by atoms with Gasteiger partial charge in [0.05, 0.1) is 0 Å². The van der Waals surface area contributed by atoms with Crippen molar-refractivity contribution in [2.45, 2.75) is 46.6 Å². The summed E-state index contributed by atoms with van der Waals surface area (Å²) in [4.78, 5) is 13.6. The maximum absolute atomic E-state index is 11.7. The van der Waals surface area contributed by atoms with Crippen LogP contribution < -0.4 is 0 Å². The minimum atomic E-state index is 0.169. The molecule has 0 aliphatic rings. The molecule has 0 spiro atoms. The number of unbranched alkanes of at least 4 members (excludes halogenated alkanes) is 1. The van der Waals surface area contributed by atoms with E-state index in [1.54, 1.807) is 6.92 Å². The number of carbonyl (C=O) groups is 1. The van der Waals surface area contributed by atoms with Crippen LogP contribution in [0, 0.1) is 5.92 Å². The molecule has 0 fully saturated rings. The SMILES string of the molecule is CCCCC(C)CN(Cc1ccccc1)C(C)=O. The van der Waals surface area contributed by atoms with E-state index in [0.29, 0.717) is 5.92 Å². The molecule has 1 atom stereocenters. The van der Waals surface area contributed by atoms with Gasteiger partial charge in [0.15, 0.2) is 0 Å². The fraction of sp³-hybridized carbons (Fsp3) is 0.562. The van der Waals surface area contributed by atoms with Crippen LogP contribution in [-0.4, -0.2) is 17.4 Å². The molecule has 18 heavy (non-hydrogen) atoms. The van der Waals surface area contributed by atoms with E-state index < -0.39 is 0 Å². The Morgan fingerprint density at radius 1 is 1.28 bits per heavy atom. The molecule has 0 saturated carbocycles. The summed E-state index contributed by atoms with van der Waals surface area (Å²) in [7, 11) is 0. The van der Waals surface area contributed by atoms with Gasteiger partial charge in [0, 0.05) is 20.0 Å². The zero-order chi connectivity index (χ0) is 13.4. The predicted octanol–water partition coefficient (Wildman–Crippen LogP) is 3.86. The van der Waals surface area contributed by atoms with Crippen LogP contribution in [0.1, 0.15) is 45.6 Å². The Morgan fingerprint density at radius 2 is 1.94 bits per heavy atom. The summed E-state index contributed by atoms with van der Waals surface area (Å²) in [6.07, 6.45) is 3.68. The Morgan fingerprint density at radius 3 is 2.50 bits per heavy atom. The van der Waals surface area contributed by atoms with Crippen molar-refractivity contribution >= 4 is 5.91 Å². The molecule has 0 aliphatic heterocycles. The molecule has 0 aromatic heterocycles. The Bertz CT molecular complexity index is 347. The van der Waals surface area contributed by atoms with E-state index in [9.17, 15) is 4.79 Å². The van der Waals surface area contributed by atoms with Gasteiger partial charge in [-0.2, -0.15) is 0 Å². The van der Waals surface area contributed by atoms with Crippen LogP contribution in [0.5, 0.6) is 0 Å². The summed E-state index contributed by atoms with van der Waals surface area (Å²) >= 11 is 0. The highest BCUT2D eigenvalue weighted by atomic mass is 16.2. The molecule has 0 heterocycles. The smallest absolute Gasteiger partial charge is 0.219 e. The zero-order valence-electron chi connectivity index (χ0n) is 11.9. The lowest BCUT2D eigenvalue weighted by molar-refractivity contribution is -0.130. The maximum atomic E-state index is 11.7. The second-order valence-electron chi connectivity index (χ2n) is 5.13. The van der Waals surface area contributed by atoms with E-state index in [0.717, 1.165) is 13.1 Å². The molecule has 1 aromatic rings. The van der Waals surface area contributed by atoms with Gasteiger partial charge < -0.3 is 4.90 Å². The van der Waals surface area contributed by atoms with Crippen molar-refractivity contribution in [2.24, 2.45) is 5.92 Å². The molecule has 0 saturated heterocycles. The molecule has 1 rings (SSSR count). The maximum Gasteiger partial charge on any atom is 0.219 e. The molecule has 0 aliphatic carbocycles. The van der Waals surface area contributed by atoms with Gasteiger partial charge in [0.1, 0.15) is 0 Å². The standard InChI is InChI=1S/C16H25NO/c1-4-5-9-14(2)12-17(15(3)18)13-16-10-7-6-8-11-16/h6-8,10-11,14H,4-5,9,12-13H2,1-3H3. The van der Waals surface area contributed by atoms with Gasteiger partial charge in [0.25, 0.3) is 0 Å². The average molecular weight is 247 g/mol. The van der Waals surface area contributed by atoms with Crippen molar-refractivity contribution in [2.75, 3.05) is 6.54 Å². The molecule has 100 valence electrons. The number of benzene rings is 1. The summed E-state index contributed by atoms with van der Waals surface area (Å²) in [6.45, 7) is 7.70. The molecule has 1 amide bonds. The van der Waals surface area contributed by atoms with Crippen molar-refractivity contribution in [1.82, 2.24) is 4.90 Å². The Labute approximate surface area is 111 Å². The van der Waals surface area contributed by atoms with Gasteiger partial charge in [-0.3, -0.25) is 4.79 Å². The van der Waals surface area contributed by atoms with Crippen molar-refractivity contribution < 1.29 is 4.79 Å². The van der Waals surface area contributed by atoms with Gasteiger partial charge in [-0.05, 0) is 17.9 Å². The topological polar surface area (TPSA) is 20.3 Å². The van der Waals surface area contributed by atoms with Gasteiger partial charge in [-0.25, -0.2) is 0 Å². The molecule has 2 nitrogen and oxygen atoms in total. The molecule has 1 aromatic carbocycles. The highest BCUT2D eigenvalue weighted by Gasteiger charge is 2.13. The first-order valence-electron chi connectivity index (χ1n) is 6.93. The van der Waals surface area contributed by atoms with Crippen LogP contribution in [0.25, 0.3) is 0 Å². The average Bonchev–Trinajstić information content (AvgIpc) is 2.36. The van der Waals surface area contributed by atoms with Crippen LogP contribution in [-0.2, 0) is 11.3 Å². The minimum Gasteiger partial charge on any atom is -0.338 e. The molecule has 2 heteroatoms. The monoisotopic (exact) mass is 247 g/mol. The van der Waals surface area contributed by atoms with Gasteiger partial charge in [-0.1, -0.05) is 57.0 Å². The number of nitrogens with zero attached hydrogens (tertiary/aromatic N) is 1. The van der Waals surface area contributed by atoms with Gasteiger partial charge >= 0.3 is 0 Å². The number of rotatable bonds is 7. The van der Waals surface area contributed by atoms with Crippen LogP contribution in [0.4, 0.5) is 0 Å². The van der Waals surface area contributed by atoms with Crippen LogP contribution >= 0.6 is 0 Å². The number of carbonyl (C=O) groups excluding carboxylic acids is 1. The molecular weight excluding hydrogens is 222 g/mol. The van der Waals surface area contributed by atoms with Crippen LogP contribution in [0.2, 0.25) is 0 Å². The molecule has 0 radical (unpaired) electrons. The van der Waals surface area contributed by atoms with Crippen LogP contribution in [0.3, 0.4) is 0 Å². The van der Waals surface area contributed by atoms with Crippen molar-refractivity contribution in [3.05, 3.63) is 35.9 Å². The van der Waals surface area contributed by atoms with E-state index >= 15 is 0 Å². The van der Waals surface area contributed by atoms with E-state index in [1.807, 2.05) is 23.1 Å². The summed E-state index contributed by atoms with van der Waals surface area (Å²) in [6, 6.07) is 10.2. The second-order valence-corrected chi connectivity index (χ2v) is 5.13. The normalized spacial score (nSPS) is 12.2. The number of hydrogen-bond acceptors (Lipinski definition) is 1. The first-order chi connectivity index (χ1) is 8.63. The third kappa shape index (κ3) is 5.35. The summed E-state index contributed by atoms with van der Waals surface area (Å²) in [5.74, 6) is 0.750. The van der Waals surface area contributed by atoms with Crippen molar-refractivity contribution in [3.63, 3.8) is 0 Å². The second kappa shape index (κ2) is 7.91. The van der Waals surface area contributed by atoms with E-state index in [4.69, 9.17) is 0 Å². The number of hydrogen-bond donors (Lipinski definition) is 0. The first kappa shape index (κ1) is 14.7. The fourth-order valence-corrected chi connectivity index (χ4v) is 2.13. The molecular formula is C16H25NO. The van der Waals surface area contributed by atoms with Crippen molar-refractivity contribution in [3.8, 4) is 0 Å². The van der Waals surface area contributed by atoms with E-state index in [-0.39, 0.29) is 5.91 Å². The lowest BCUT2D eigenvalue weighted by Gasteiger charge is -2.25. The van der Waals surface area contributed by atoms with Crippen molar-refractivity contribution in [1.29, 1.82) is 0 Å². The Kier molecular flexibility index (Phi) is 6.48. The zero-order valence-corrected chi connectivity index (χ0v) is 11.9. The lowest BCUT2D eigenvalue weighted by Crippen LogP contribution is -2.32. The fourth-order valence-electron chi connectivity index (χ4n) is 2.13. The summed E-state index contributed by atoms with van der Waals surface area (Å²) in [5.41, 5.74) is 1.20. The molecule has 0 bridgehead atoms. The van der Waals surface area contributed by atoms with Gasteiger partial charge in [0.2, 0.25) is 5.91 Å². The van der Waals surface area contributed by atoms with Gasteiger partial charge in [-0.15, -0.1) is 0 Å². The Balaban J connectivity index is 2.52. The largest absolute Gasteiger partial charge is 0.338 e. The molecule has 1 unspecified atom stereocenters. The minimum absolute atomic E-state index is 0.169. The predicted molar refractivity (Wildman–Crippen MR) is 76.2 cm³/mol. The summed E-state index contributed by atoms with van der Waals surface area (Å²) in [5, 5.41) is 0. The summed E-state index contributed by atoms with van der Waals surface area (Å²) < 4.78 is 0. The highest BCUT2D eigenvalue weighted by Crippen LogP contribution is 2.12. The Hall–Kier alpha value is -1.31. The molecule has 0 N–H and O–H groups in total. The lowest BCUT2D eigenvalue weighted by atomic mass is 10.0.